The standard InChI is InChI=1S/C8H14F2N2O4S/c1-6(7(13)14)11-2-4-12(5-3-11)17(15,16)8(9)10/h6,8H,2-5H2,1H3,(H,13,14). The molecule has 0 aliphatic carbocycles. The summed E-state index contributed by atoms with van der Waals surface area (Å²) in [5.41, 5.74) is 0. The number of carbonyl (C=O) groups is 1. The van der Waals surface area contributed by atoms with Crippen LogP contribution in [0, 0.1) is 0 Å². The second kappa shape index (κ2) is 5.23. The van der Waals surface area contributed by atoms with Crippen LogP contribution in [-0.4, -0.2) is 66.7 Å². The summed E-state index contributed by atoms with van der Waals surface area (Å²) >= 11 is 0. The number of hydrogen-bond donors (Lipinski definition) is 1. The molecule has 0 saturated carbocycles. The van der Waals surface area contributed by atoms with Gasteiger partial charge < -0.3 is 5.11 Å². The molecule has 1 N–H and O–H groups in total. The molecule has 0 spiro atoms. The van der Waals surface area contributed by atoms with Crippen LogP contribution in [0.2, 0.25) is 0 Å². The Hall–Kier alpha value is -0.800. The van der Waals surface area contributed by atoms with Gasteiger partial charge >= 0.3 is 11.7 Å². The molecule has 0 aromatic heterocycles. The lowest BCUT2D eigenvalue weighted by Gasteiger charge is -2.35. The molecule has 1 fully saturated rings. The van der Waals surface area contributed by atoms with E-state index in [1.165, 1.54) is 6.92 Å². The van der Waals surface area contributed by atoms with Crippen LogP contribution in [0.15, 0.2) is 0 Å². The fourth-order valence-corrected chi connectivity index (χ4v) is 2.51. The maximum absolute atomic E-state index is 12.2. The Bertz CT molecular complexity index is 379. The molecule has 1 unspecified atom stereocenters. The minimum atomic E-state index is -4.54. The van der Waals surface area contributed by atoms with Crippen LogP contribution >= 0.6 is 0 Å². The summed E-state index contributed by atoms with van der Waals surface area (Å²) < 4.78 is 47.5. The fraction of sp³-hybridized carbons (Fsp3) is 0.875. The van der Waals surface area contributed by atoms with Crippen LogP contribution in [0.5, 0.6) is 0 Å². The van der Waals surface area contributed by atoms with Crippen molar-refractivity contribution < 1.29 is 27.1 Å². The van der Waals surface area contributed by atoms with Crippen LogP contribution < -0.4 is 0 Å². The summed E-state index contributed by atoms with van der Waals surface area (Å²) in [4.78, 5) is 12.2. The van der Waals surface area contributed by atoms with Gasteiger partial charge in [-0.1, -0.05) is 0 Å². The maximum Gasteiger partial charge on any atom is 0.350 e. The molecular weight excluding hydrogens is 258 g/mol. The Labute approximate surface area is 97.9 Å². The molecule has 0 radical (unpaired) electrons. The number of hydrogen-bond acceptors (Lipinski definition) is 4. The highest BCUT2D eigenvalue weighted by molar-refractivity contribution is 7.89. The van der Waals surface area contributed by atoms with Crippen molar-refractivity contribution >= 4 is 16.0 Å². The van der Waals surface area contributed by atoms with Gasteiger partial charge in [0, 0.05) is 26.2 Å². The summed E-state index contributed by atoms with van der Waals surface area (Å²) in [6.45, 7) is 1.53. The van der Waals surface area contributed by atoms with Gasteiger partial charge in [0.15, 0.2) is 0 Å². The minimum absolute atomic E-state index is 0.107. The average Bonchev–Trinajstić information content (AvgIpc) is 2.27. The molecule has 17 heavy (non-hydrogen) atoms. The Kier molecular flexibility index (Phi) is 4.39. The first-order valence-corrected chi connectivity index (χ1v) is 6.51. The third-order valence-corrected chi connectivity index (χ3v) is 4.30. The quantitative estimate of drug-likeness (QED) is 0.755. The molecule has 6 nitrogen and oxygen atoms in total. The zero-order chi connectivity index (χ0) is 13.2. The summed E-state index contributed by atoms with van der Waals surface area (Å²) in [7, 11) is -4.54. The Balaban J connectivity index is 2.60. The van der Waals surface area contributed by atoms with Crippen LogP contribution in [0.25, 0.3) is 0 Å². The van der Waals surface area contributed by atoms with Gasteiger partial charge in [0.2, 0.25) is 0 Å². The predicted molar refractivity (Wildman–Crippen MR) is 55.2 cm³/mol. The molecule has 9 heteroatoms. The second-order valence-electron chi connectivity index (χ2n) is 3.75. The van der Waals surface area contributed by atoms with Gasteiger partial charge in [0.1, 0.15) is 6.04 Å². The van der Waals surface area contributed by atoms with Crippen molar-refractivity contribution in [1.29, 1.82) is 0 Å². The smallest absolute Gasteiger partial charge is 0.350 e. The lowest BCUT2D eigenvalue weighted by atomic mass is 10.2. The first-order chi connectivity index (χ1) is 7.76. The number of rotatable bonds is 4. The second-order valence-corrected chi connectivity index (χ2v) is 5.66. The van der Waals surface area contributed by atoms with E-state index in [4.69, 9.17) is 5.11 Å². The van der Waals surface area contributed by atoms with E-state index >= 15 is 0 Å². The van der Waals surface area contributed by atoms with E-state index in [0.29, 0.717) is 4.31 Å². The largest absolute Gasteiger partial charge is 0.480 e. The molecule has 0 amide bonds. The van der Waals surface area contributed by atoms with Gasteiger partial charge in [0.25, 0.3) is 10.0 Å². The third-order valence-electron chi connectivity index (χ3n) is 2.76. The monoisotopic (exact) mass is 272 g/mol. The van der Waals surface area contributed by atoms with Crippen molar-refractivity contribution in [2.75, 3.05) is 26.2 Å². The van der Waals surface area contributed by atoms with Gasteiger partial charge in [-0.25, -0.2) is 8.42 Å². The van der Waals surface area contributed by atoms with Gasteiger partial charge in [-0.3, -0.25) is 9.69 Å². The van der Waals surface area contributed by atoms with Crippen molar-refractivity contribution in [2.24, 2.45) is 0 Å². The van der Waals surface area contributed by atoms with E-state index in [1.807, 2.05) is 0 Å². The minimum Gasteiger partial charge on any atom is -0.480 e. The van der Waals surface area contributed by atoms with Crippen LogP contribution in [0.3, 0.4) is 0 Å². The summed E-state index contributed by atoms with van der Waals surface area (Å²) in [6.07, 6.45) is 0. The zero-order valence-corrected chi connectivity index (χ0v) is 10.0. The molecule has 1 aliphatic rings. The lowest BCUT2D eigenvalue weighted by Crippen LogP contribution is -2.53. The van der Waals surface area contributed by atoms with Gasteiger partial charge in [-0.15, -0.1) is 0 Å². The Morgan fingerprint density at radius 1 is 1.24 bits per heavy atom. The van der Waals surface area contributed by atoms with Crippen LogP contribution in [-0.2, 0) is 14.8 Å². The lowest BCUT2D eigenvalue weighted by molar-refractivity contribution is -0.143. The van der Waals surface area contributed by atoms with E-state index in [1.54, 1.807) is 4.90 Å². The molecular formula is C8H14F2N2O4S. The SMILES string of the molecule is CC(C(=O)O)N1CCN(S(=O)(=O)C(F)F)CC1. The number of piperazine rings is 1. The van der Waals surface area contributed by atoms with Crippen molar-refractivity contribution in [3.63, 3.8) is 0 Å². The average molecular weight is 272 g/mol. The molecule has 1 saturated heterocycles. The molecule has 0 aromatic carbocycles. The summed E-state index contributed by atoms with van der Waals surface area (Å²) in [6, 6.07) is -0.744. The van der Waals surface area contributed by atoms with Crippen molar-refractivity contribution in [3.05, 3.63) is 0 Å². The van der Waals surface area contributed by atoms with Crippen LogP contribution in [0.4, 0.5) is 8.78 Å². The van der Waals surface area contributed by atoms with Gasteiger partial charge in [0.05, 0.1) is 0 Å². The van der Waals surface area contributed by atoms with E-state index in [0.717, 1.165) is 0 Å². The first kappa shape index (κ1) is 14.3. The van der Waals surface area contributed by atoms with Gasteiger partial charge in [-0.2, -0.15) is 13.1 Å². The molecule has 0 aromatic rings. The van der Waals surface area contributed by atoms with Crippen molar-refractivity contribution in [1.82, 2.24) is 9.21 Å². The number of carboxylic acid groups (broad SMARTS) is 1. The molecule has 1 aliphatic heterocycles. The van der Waals surface area contributed by atoms with Crippen LogP contribution in [0.1, 0.15) is 6.92 Å². The number of carboxylic acids is 1. The van der Waals surface area contributed by atoms with E-state index in [2.05, 4.69) is 0 Å². The highest BCUT2D eigenvalue weighted by Gasteiger charge is 2.35. The molecule has 1 rings (SSSR count). The highest BCUT2D eigenvalue weighted by Crippen LogP contribution is 2.15. The Morgan fingerprint density at radius 2 is 1.71 bits per heavy atom. The molecule has 0 bridgehead atoms. The number of halogens is 2. The number of aliphatic carboxylic acids is 1. The molecule has 1 atom stereocenters. The predicted octanol–water partition coefficient (Wildman–Crippen LogP) is -0.370. The van der Waals surface area contributed by atoms with E-state index in [9.17, 15) is 22.0 Å². The normalized spacial score (nSPS) is 21.6. The highest BCUT2D eigenvalue weighted by atomic mass is 32.2. The fourth-order valence-electron chi connectivity index (χ4n) is 1.61. The number of nitrogens with zero attached hydrogens (tertiary/aromatic N) is 2. The summed E-state index contributed by atoms with van der Waals surface area (Å²) in [5.74, 6) is -4.44. The summed E-state index contributed by atoms with van der Waals surface area (Å²) in [5, 5.41) is 8.75. The maximum atomic E-state index is 12.2. The first-order valence-electron chi connectivity index (χ1n) is 5.00. The van der Waals surface area contributed by atoms with E-state index in [-0.39, 0.29) is 26.2 Å². The number of sulfonamides is 1. The third kappa shape index (κ3) is 3.11. The molecule has 100 valence electrons. The van der Waals surface area contributed by atoms with Gasteiger partial charge in [-0.05, 0) is 6.92 Å². The molecule has 1 heterocycles. The van der Waals surface area contributed by atoms with E-state index < -0.39 is 27.8 Å². The zero-order valence-electron chi connectivity index (χ0n) is 9.21. The Morgan fingerprint density at radius 3 is 2.06 bits per heavy atom. The van der Waals surface area contributed by atoms with Crippen molar-refractivity contribution in [3.8, 4) is 0 Å². The topological polar surface area (TPSA) is 77.9 Å². The van der Waals surface area contributed by atoms with Crippen molar-refractivity contribution in [2.45, 2.75) is 18.7 Å². The number of alkyl halides is 2.